The van der Waals surface area contributed by atoms with Gasteiger partial charge < -0.3 is 4.42 Å². The monoisotopic (exact) mass is 499 g/mol. The maximum atomic E-state index is 6.36. The van der Waals surface area contributed by atoms with Crippen molar-refractivity contribution in [2.45, 2.75) is 13.8 Å². The first-order chi connectivity index (χ1) is 19.2. The van der Waals surface area contributed by atoms with Crippen LogP contribution < -0.4 is 0 Å². The highest BCUT2D eigenvalue weighted by atomic mass is 16.3. The largest absolute Gasteiger partial charge is 0.455 e. The van der Waals surface area contributed by atoms with E-state index in [0.717, 1.165) is 44.3 Å². The molecular formula is C37H25NO. The van der Waals surface area contributed by atoms with Gasteiger partial charge in [-0.2, -0.15) is 0 Å². The Balaban J connectivity index is 1.33. The van der Waals surface area contributed by atoms with Crippen LogP contribution in [-0.4, -0.2) is 4.98 Å². The highest BCUT2D eigenvalue weighted by molar-refractivity contribution is 6.24. The third-order valence-electron chi connectivity index (χ3n) is 8.13. The van der Waals surface area contributed by atoms with Crippen molar-refractivity contribution in [2.75, 3.05) is 0 Å². The molecule has 2 heteroatoms. The van der Waals surface area contributed by atoms with Crippen molar-refractivity contribution >= 4 is 54.4 Å². The van der Waals surface area contributed by atoms with Gasteiger partial charge in [0.15, 0.2) is 0 Å². The Morgan fingerprint density at radius 2 is 1.03 bits per heavy atom. The van der Waals surface area contributed by atoms with Crippen molar-refractivity contribution in [2.24, 2.45) is 0 Å². The molecule has 0 amide bonds. The first kappa shape index (κ1) is 22.1. The number of fused-ring (bicyclic) bond motifs is 9. The van der Waals surface area contributed by atoms with E-state index in [0.29, 0.717) is 0 Å². The van der Waals surface area contributed by atoms with Gasteiger partial charge in [0.25, 0.3) is 0 Å². The van der Waals surface area contributed by atoms with Crippen LogP contribution in [0.5, 0.6) is 0 Å². The average molecular weight is 500 g/mol. The standard InChI is InChI=1S/C37H25NO/c1-22-21-33(23(2)20-32(22)31-16-9-15-30-27-13-7-8-17-35(27)39-37(30)31)34-19-18-29-26-12-4-3-10-24(26)25-11-5-6-14-28(25)36(29)38-34/h3-21H,1-2H3. The van der Waals surface area contributed by atoms with Crippen LogP contribution in [0.1, 0.15) is 11.1 Å². The van der Waals surface area contributed by atoms with Crippen LogP contribution in [0.15, 0.2) is 120 Å². The van der Waals surface area contributed by atoms with Crippen LogP contribution in [0, 0.1) is 13.8 Å². The molecule has 2 nitrogen and oxygen atoms in total. The average Bonchev–Trinajstić information content (AvgIpc) is 3.37. The molecule has 0 bridgehead atoms. The Labute approximate surface area is 226 Å². The predicted octanol–water partition coefficient (Wildman–Crippen LogP) is 10.4. The van der Waals surface area contributed by atoms with E-state index in [1.807, 2.05) is 12.1 Å². The molecule has 0 fully saturated rings. The Morgan fingerprint density at radius 3 is 1.79 bits per heavy atom. The Hall–Kier alpha value is -4.95. The van der Waals surface area contributed by atoms with Crippen molar-refractivity contribution in [3.05, 3.63) is 126 Å². The Kier molecular flexibility index (Phi) is 4.68. The minimum Gasteiger partial charge on any atom is -0.455 e. The number of nitrogens with zero attached hydrogens (tertiary/aromatic N) is 1. The second-order valence-electron chi connectivity index (χ2n) is 10.4. The van der Waals surface area contributed by atoms with Gasteiger partial charge >= 0.3 is 0 Å². The van der Waals surface area contributed by atoms with Crippen molar-refractivity contribution in [3.8, 4) is 22.4 Å². The summed E-state index contributed by atoms with van der Waals surface area (Å²) in [7, 11) is 0. The van der Waals surface area contributed by atoms with Gasteiger partial charge in [0.1, 0.15) is 11.2 Å². The molecule has 0 aliphatic heterocycles. The highest BCUT2D eigenvalue weighted by Gasteiger charge is 2.16. The molecule has 0 aliphatic carbocycles. The van der Waals surface area contributed by atoms with Gasteiger partial charge in [-0.25, -0.2) is 4.98 Å². The first-order valence-corrected chi connectivity index (χ1v) is 13.4. The third-order valence-corrected chi connectivity index (χ3v) is 8.13. The fraction of sp³-hybridized carbons (Fsp3) is 0.0541. The fourth-order valence-corrected chi connectivity index (χ4v) is 6.25. The van der Waals surface area contributed by atoms with Crippen LogP contribution in [0.4, 0.5) is 0 Å². The van der Waals surface area contributed by atoms with E-state index >= 15 is 0 Å². The summed E-state index contributed by atoms with van der Waals surface area (Å²) in [5.74, 6) is 0. The molecule has 8 rings (SSSR count). The molecule has 0 unspecified atom stereocenters. The SMILES string of the molecule is Cc1cc(-c2cccc3c2oc2ccccc23)c(C)cc1-c1ccc2c3ccccc3c3ccccc3c2n1. The maximum Gasteiger partial charge on any atom is 0.143 e. The van der Waals surface area contributed by atoms with Gasteiger partial charge in [0.05, 0.1) is 11.2 Å². The van der Waals surface area contributed by atoms with E-state index < -0.39 is 0 Å². The second kappa shape index (κ2) is 8.28. The summed E-state index contributed by atoms with van der Waals surface area (Å²) in [5.41, 5.74) is 9.79. The number of hydrogen-bond donors (Lipinski definition) is 0. The van der Waals surface area contributed by atoms with Crippen LogP contribution in [-0.2, 0) is 0 Å². The van der Waals surface area contributed by atoms with Crippen molar-refractivity contribution in [1.29, 1.82) is 0 Å². The van der Waals surface area contributed by atoms with Gasteiger partial charge in [0.2, 0.25) is 0 Å². The van der Waals surface area contributed by atoms with Crippen molar-refractivity contribution < 1.29 is 4.42 Å². The van der Waals surface area contributed by atoms with E-state index in [-0.39, 0.29) is 0 Å². The Bertz CT molecular complexity index is 2220. The number of rotatable bonds is 2. The molecule has 2 heterocycles. The quantitative estimate of drug-likeness (QED) is 0.221. The molecule has 0 saturated heterocycles. The third kappa shape index (κ3) is 3.25. The summed E-state index contributed by atoms with van der Waals surface area (Å²) in [6.07, 6.45) is 0. The Morgan fingerprint density at radius 1 is 0.462 bits per heavy atom. The van der Waals surface area contributed by atoms with E-state index in [2.05, 4.69) is 117 Å². The molecular weight excluding hydrogens is 474 g/mol. The van der Waals surface area contributed by atoms with Gasteiger partial charge in [-0.3, -0.25) is 0 Å². The minimum atomic E-state index is 0.922. The molecule has 0 atom stereocenters. The lowest BCUT2D eigenvalue weighted by Crippen LogP contribution is -1.94. The van der Waals surface area contributed by atoms with E-state index in [9.17, 15) is 0 Å². The van der Waals surface area contributed by atoms with Gasteiger partial charge in [0, 0.05) is 32.7 Å². The summed E-state index contributed by atoms with van der Waals surface area (Å²) in [5, 5.41) is 8.44. The van der Waals surface area contributed by atoms with Gasteiger partial charge in [-0.05, 0) is 71.0 Å². The van der Waals surface area contributed by atoms with E-state index in [1.165, 1.54) is 43.6 Å². The number of benzene rings is 6. The number of para-hydroxylation sites is 2. The zero-order valence-electron chi connectivity index (χ0n) is 21.8. The lowest BCUT2D eigenvalue weighted by molar-refractivity contribution is 0.670. The summed E-state index contributed by atoms with van der Waals surface area (Å²) >= 11 is 0. The predicted molar refractivity (Wildman–Crippen MR) is 164 cm³/mol. The topological polar surface area (TPSA) is 26.0 Å². The first-order valence-electron chi connectivity index (χ1n) is 13.4. The summed E-state index contributed by atoms with van der Waals surface area (Å²) in [6.45, 7) is 4.37. The van der Waals surface area contributed by atoms with Crippen molar-refractivity contribution in [3.63, 3.8) is 0 Å². The normalized spacial score (nSPS) is 11.8. The summed E-state index contributed by atoms with van der Waals surface area (Å²) in [4.78, 5) is 5.29. The molecule has 6 aromatic carbocycles. The molecule has 39 heavy (non-hydrogen) atoms. The van der Waals surface area contributed by atoms with Gasteiger partial charge in [-0.1, -0.05) is 91.0 Å². The zero-order valence-corrected chi connectivity index (χ0v) is 21.8. The molecule has 0 aliphatic rings. The smallest absolute Gasteiger partial charge is 0.143 e. The number of furan rings is 1. The highest BCUT2D eigenvalue weighted by Crippen LogP contribution is 2.40. The molecule has 2 aromatic heterocycles. The van der Waals surface area contributed by atoms with Crippen LogP contribution in [0.2, 0.25) is 0 Å². The molecule has 8 aromatic rings. The molecule has 0 radical (unpaired) electrons. The van der Waals surface area contributed by atoms with Crippen LogP contribution >= 0.6 is 0 Å². The fourth-order valence-electron chi connectivity index (χ4n) is 6.25. The van der Waals surface area contributed by atoms with Crippen molar-refractivity contribution in [1.82, 2.24) is 4.98 Å². The number of aromatic nitrogens is 1. The molecule has 0 N–H and O–H groups in total. The number of pyridine rings is 1. The zero-order chi connectivity index (χ0) is 26.1. The minimum absolute atomic E-state index is 0.922. The van der Waals surface area contributed by atoms with Gasteiger partial charge in [-0.15, -0.1) is 0 Å². The molecule has 0 saturated carbocycles. The van der Waals surface area contributed by atoms with E-state index in [4.69, 9.17) is 9.40 Å². The molecule has 184 valence electrons. The second-order valence-corrected chi connectivity index (χ2v) is 10.4. The number of hydrogen-bond acceptors (Lipinski definition) is 2. The summed E-state index contributed by atoms with van der Waals surface area (Å²) < 4.78 is 6.36. The lowest BCUT2D eigenvalue weighted by Gasteiger charge is -2.15. The van der Waals surface area contributed by atoms with Crippen LogP contribution in [0.3, 0.4) is 0 Å². The number of aryl methyl sites for hydroxylation is 2. The van der Waals surface area contributed by atoms with E-state index in [1.54, 1.807) is 0 Å². The van der Waals surface area contributed by atoms with Crippen LogP contribution in [0.25, 0.3) is 76.8 Å². The maximum absolute atomic E-state index is 6.36. The summed E-state index contributed by atoms with van der Waals surface area (Å²) in [6, 6.07) is 40.9. The molecule has 0 spiro atoms. The lowest BCUT2D eigenvalue weighted by atomic mass is 9.92.